The molecular weight excluding hydrogens is 259 g/mol. The molecule has 0 aliphatic heterocycles. The summed E-state index contributed by atoms with van der Waals surface area (Å²) >= 11 is 11.1. The number of benzene rings is 1. The molecule has 0 saturated carbocycles. The first-order valence-electron chi connectivity index (χ1n) is 4.98. The first-order chi connectivity index (χ1) is 8.06. The minimum atomic E-state index is -0.158. The number of aromatic nitrogens is 2. The minimum absolute atomic E-state index is 0.0994. The highest BCUT2D eigenvalue weighted by Crippen LogP contribution is 2.12. The number of nitrogens with zero attached hydrogens (tertiary/aromatic N) is 1. The van der Waals surface area contributed by atoms with E-state index in [-0.39, 0.29) is 10.1 Å². The maximum atomic E-state index is 11.7. The molecule has 5 heteroatoms. The molecule has 0 radical (unpaired) electrons. The Morgan fingerprint density at radius 1 is 1.29 bits per heavy atom. The summed E-state index contributed by atoms with van der Waals surface area (Å²) in [4.78, 5) is 11.7. The number of H-pyrrole nitrogens is 1. The molecule has 2 rings (SSSR count). The number of nitrogens with one attached hydrogen (secondary N) is 1. The van der Waals surface area contributed by atoms with Crippen molar-refractivity contribution in [3.05, 3.63) is 56.4 Å². The largest absolute Gasteiger partial charge is 0.291 e. The van der Waals surface area contributed by atoms with Crippen molar-refractivity contribution in [2.45, 2.75) is 6.92 Å². The fraction of sp³-hybridized carbons (Fsp3) is 0.0833. The van der Waals surface area contributed by atoms with E-state index in [4.69, 9.17) is 23.2 Å². The van der Waals surface area contributed by atoms with Gasteiger partial charge in [-0.1, -0.05) is 40.9 Å². The van der Waals surface area contributed by atoms with Crippen LogP contribution in [0.15, 0.2) is 39.6 Å². The van der Waals surface area contributed by atoms with Gasteiger partial charge in [0.2, 0.25) is 0 Å². The lowest BCUT2D eigenvalue weighted by Crippen LogP contribution is -2.13. The van der Waals surface area contributed by atoms with Crippen LogP contribution in [0, 0.1) is 6.92 Å². The number of hydrogen-bond donors (Lipinski definition) is 1. The molecule has 0 unspecified atom stereocenters. The van der Waals surface area contributed by atoms with Crippen LogP contribution in [0.2, 0.25) is 0 Å². The lowest BCUT2D eigenvalue weighted by molar-refractivity contribution is 0.845. The highest BCUT2D eigenvalue weighted by atomic mass is 35.5. The molecule has 0 spiro atoms. The first-order valence-corrected chi connectivity index (χ1v) is 5.73. The van der Waals surface area contributed by atoms with Gasteiger partial charge in [0, 0.05) is 6.07 Å². The molecule has 0 aliphatic rings. The molecule has 88 valence electrons. The molecule has 0 fully saturated rings. The monoisotopic (exact) mass is 268 g/mol. The van der Waals surface area contributed by atoms with Crippen molar-refractivity contribution in [2.24, 2.45) is 0 Å². The lowest BCUT2D eigenvalue weighted by atomic mass is 10.2. The Labute approximate surface area is 108 Å². The lowest BCUT2D eigenvalue weighted by Gasteiger charge is -2.01. The summed E-state index contributed by atoms with van der Waals surface area (Å²) in [6.45, 7) is 1.99. The van der Waals surface area contributed by atoms with E-state index >= 15 is 0 Å². The molecule has 17 heavy (non-hydrogen) atoms. The van der Waals surface area contributed by atoms with Gasteiger partial charge < -0.3 is 0 Å². The molecule has 0 bridgehead atoms. The van der Waals surface area contributed by atoms with Crippen LogP contribution in [-0.4, -0.2) is 9.78 Å². The zero-order chi connectivity index (χ0) is 12.4. The van der Waals surface area contributed by atoms with E-state index in [1.807, 2.05) is 31.2 Å². The average Bonchev–Trinajstić information content (AvgIpc) is 2.59. The summed E-state index contributed by atoms with van der Waals surface area (Å²) in [5.41, 5.74) is 2.31. The standard InChI is InChI=1S/C12H10Cl2N2O/c1-8-2-4-10(5-3-8)16-12(17)7-9(15-16)6-11(13)14/h2-7,15H,1H3. The van der Waals surface area contributed by atoms with E-state index in [1.54, 1.807) is 0 Å². The summed E-state index contributed by atoms with van der Waals surface area (Å²) in [5.74, 6) is 0. The molecule has 1 aromatic heterocycles. The third kappa shape index (κ3) is 2.81. The fourth-order valence-electron chi connectivity index (χ4n) is 1.49. The molecule has 2 aromatic rings. The zero-order valence-corrected chi connectivity index (χ0v) is 10.6. The van der Waals surface area contributed by atoms with E-state index in [2.05, 4.69) is 5.10 Å². The fourth-order valence-corrected chi connectivity index (χ4v) is 1.73. The van der Waals surface area contributed by atoms with E-state index in [0.717, 1.165) is 11.3 Å². The third-order valence-electron chi connectivity index (χ3n) is 2.30. The van der Waals surface area contributed by atoms with E-state index in [9.17, 15) is 4.79 Å². The zero-order valence-electron chi connectivity index (χ0n) is 9.08. The quantitative estimate of drug-likeness (QED) is 0.892. The summed E-state index contributed by atoms with van der Waals surface area (Å²) in [7, 11) is 0. The van der Waals surface area contributed by atoms with Crippen LogP contribution in [0.4, 0.5) is 0 Å². The molecule has 1 N–H and O–H groups in total. The predicted octanol–water partition coefficient (Wildman–Crippen LogP) is 3.25. The SMILES string of the molecule is Cc1ccc(-n2[nH]c(C=C(Cl)Cl)cc2=O)cc1. The smallest absolute Gasteiger partial charge is 0.271 e. The van der Waals surface area contributed by atoms with Gasteiger partial charge in [-0.3, -0.25) is 9.89 Å². The Morgan fingerprint density at radius 2 is 1.94 bits per heavy atom. The molecule has 0 aliphatic carbocycles. The maximum Gasteiger partial charge on any atom is 0.271 e. The molecular formula is C12H10Cl2N2O. The molecule has 3 nitrogen and oxygen atoms in total. The van der Waals surface area contributed by atoms with Crippen LogP contribution in [0.25, 0.3) is 11.8 Å². The van der Waals surface area contributed by atoms with E-state index in [0.29, 0.717) is 5.69 Å². The second-order valence-corrected chi connectivity index (χ2v) is 4.66. The van der Waals surface area contributed by atoms with Crippen molar-refractivity contribution in [2.75, 3.05) is 0 Å². The van der Waals surface area contributed by atoms with Gasteiger partial charge >= 0.3 is 0 Å². The molecule has 0 saturated heterocycles. The first kappa shape index (κ1) is 12.0. The van der Waals surface area contributed by atoms with Gasteiger partial charge in [0.25, 0.3) is 5.56 Å². The van der Waals surface area contributed by atoms with Gasteiger partial charge in [-0.25, -0.2) is 4.68 Å². The van der Waals surface area contributed by atoms with Crippen molar-refractivity contribution in [3.8, 4) is 5.69 Å². The van der Waals surface area contributed by atoms with Crippen molar-refractivity contribution in [1.29, 1.82) is 0 Å². The number of aromatic amines is 1. The van der Waals surface area contributed by atoms with Crippen molar-refractivity contribution < 1.29 is 0 Å². The number of rotatable bonds is 2. The Hall–Kier alpha value is -1.45. The van der Waals surface area contributed by atoms with E-state index < -0.39 is 0 Å². The van der Waals surface area contributed by atoms with Gasteiger partial charge in [0.05, 0.1) is 11.4 Å². The summed E-state index contributed by atoms with van der Waals surface area (Å²) in [6.07, 6.45) is 1.48. The normalized spacial score (nSPS) is 10.3. The van der Waals surface area contributed by atoms with Gasteiger partial charge in [-0.05, 0) is 25.1 Å². The third-order valence-corrected chi connectivity index (χ3v) is 2.52. The van der Waals surface area contributed by atoms with Crippen LogP contribution in [0.5, 0.6) is 0 Å². The van der Waals surface area contributed by atoms with Gasteiger partial charge in [-0.2, -0.15) is 0 Å². The number of halogens is 2. The Morgan fingerprint density at radius 3 is 2.53 bits per heavy atom. The van der Waals surface area contributed by atoms with Crippen molar-refractivity contribution in [1.82, 2.24) is 9.78 Å². The average molecular weight is 269 g/mol. The van der Waals surface area contributed by atoms with Crippen molar-refractivity contribution >= 4 is 29.3 Å². The summed E-state index contributed by atoms with van der Waals surface area (Å²) in [5, 5.41) is 2.91. The predicted molar refractivity (Wildman–Crippen MR) is 70.8 cm³/mol. The number of hydrogen-bond acceptors (Lipinski definition) is 1. The summed E-state index contributed by atoms with van der Waals surface area (Å²) in [6, 6.07) is 9.04. The van der Waals surface area contributed by atoms with Crippen LogP contribution in [0.1, 0.15) is 11.3 Å². The second kappa shape index (κ2) is 4.82. The van der Waals surface area contributed by atoms with Gasteiger partial charge in [0.1, 0.15) is 4.49 Å². The topological polar surface area (TPSA) is 37.8 Å². The highest BCUT2D eigenvalue weighted by molar-refractivity contribution is 6.57. The van der Waals surface area contributed by atoms with Gasteiger partial charge in [-0.15, -0.1) is 0 Å². The van der Waals surface area contributed by atoms with Crippen LogP contribution in [-0.2, 0) is 0 Å². The molecule has 1 heterocycles. The van der Waals surface area contributed by atoms with Crippen molar-refractivity contribution in [3.63, 3.8) is 0 Å². The van der Waals surface area contributed by atoms with Crippen LogP contribution >= 0.6 is 23.2 Å². The van der Waals surface area contributed by atoms with Gasteiger partial charge in [0.15, 0.2) is 0 Å². The van der Waals surface area contributed by atoms with Crippen LogP contribution in [0.3, 0.4) is 0 Å². The molecule has 0 atom stereocenters. The summed E-state index contributed by atoms with van der Waals surface area (Å²) < 4.78 is 1.53. The number of aryl methyl sites for hydroxylation is 1. The van der Waals surface area contributed by atoms with E-state index in [1.165, 1.54) is 16.8 Å². The Bertz CT molecular complexity index is 604. The maximum absolute atomic E-state index is 11.7. The Balaban J connectivity index is 2.46. The molecule has 0 amide bonds. The second-order valence-electron chi connectivity index (χ2n) is 3.65. The van der Waals surface area contributed by atoms with Crippen LogP contribution < -0.4 is 5.56 Å². The Kier molecular flexibility index (Phi) is 3.41. The highest BCUT2D eigenvalue weighted by Gasteiger charge is 2.03. The molecule has 1 aromatic carbocycles. The minimum Gasteiger partial charge on any atom is -0.291 e.